The molecule has 100 valence electrons. The van der Waals surface area contributed by atoms with Gasteiger partial charge in [-0.05, 0) is 18.9 Å². The van der Waals surface area contributed by atoms with Gasteiger partial charge in [-0.25, -0.2) is 13.8 Å². The Labute approximate surface area is 110 Å². The van der Waals surface area contributed by atoms with Crippen LogP contribution in [-0.4, -0.2) is 9.55 Å². The molecule has 0 unspecified atom stereocenters. The minimum Gasteiger partial charge on any atom is -0.383 e. The maximum absolute atomic E-state index is 12.7. The zero-order valence-electron chi connectivity index (χ0n) is 10.6. The van der Waals surface area contributed by atoms with Crippen LogP contribution in [-0.2, 0) is 7.05 Å². The first kappa shape index (κ1) is 12.1. The van der Waals surface area contributed by atoms with Gasteiger partial charge in [0.1, 0.15) is 17.3 Å². The molecule has 3 nitrogen and oxygen atoms in total. The third-order valence-electron chi connectivity index (χ3n) is 3.53. The number of aromatic nitrogens is 2. The van der Waals surface area contributed by atoms with E-state index in [4.69, 9.17) is 5.73 Å². The Balaban J connectivity index is 2.06. The lowest BCUT2D eigenvalue weighted by atomic mass is 10.1. The van der Waals surface area contributed by atoms with E-state index >= 15 is 0 Å². The van der Waals surface area contributed by atoms with E-state index in [2.05, 4.69) is 4.98 Å². The molecule has 0 saturated heterocycles. The topological polar surface area (TPSA) is 43.8 Å². The summed E-state index contributed by atoms with van der Waals surface area (Å²) in [7, 11) is 1.87. The smallest absolute Gasteiger partial charge is 0.263 e. The lowest BCUT2D eigenvalue weighted by Crippen LogP contribution is -2.00. The number of anilines is 1. The molecule has 1 fully saturated rings. The van der Waals surface area contributed by atoms with Crippen molar-refractivity contribution >= 4 is 5.82 Å². The molecule has 3 rings (SSSR count). The number of hydrogen-bond acceptors (Lipinski definition) is 2. The van der Waals surface area contributed by atoms with E-state index in [1.165, 1.54) is 12.1 Å². The van der Waals surface area contributed by atoms with Crippen molar-refractivity contribution < 1.29 is 8.78 Å². The Morgan fingerprint density at radius 3 is 2.74 bits per heavy atom. The number of rotatable bonds is 3. The monoisotopic (exact) mass is 263 g/mol. The van der Waals surface area contributed by atoms with Crippen LogP contribution in [0.25, 0.3) is 11.3 Å². The summed E-state index contributed by atoms with van der Waals surface area (Å²) in [5.74, 6) is 1.96. The van der Waals surface area contributed by atoms with Gasteiger partial charge in [-0.15, -0.1) is 0 Å². The quantitative estimate of drug-likeness (QED) is 0.921. The molecular formula is C14H15F2N3. The highest BCUT2D eigenvalue weighted by Crippen LogP contribution is 2.41. The number of nitrogen functional groups attached to an aromatic ring is 1. The average Bonchev–Trinajstić information content (AvgIpc) is 3.19. The molecule has 1 saturated carbocycles. The van der Waals surface area contributed by atoms with Gasteiger partial charge in [0.05, 0.1) is 0 Å². The minimum atomic E-state index is -2.48. The van der Waals surface area contributed by atoms with Gasteiger partial charge in [0, 0.05) is 24.1 Å². The lowest BCUT2D eigenvalue weighted by molar-refractivity contribution is 0.151. The number of benzene rings is 1. The Bertz CT molecular complexity index is 615. The van der Waals surface area contributed by atoms with Gasteiger partial charge in [0.15, 0.2) is 0 Å². The summed E-state index contributed by atoms with van der Waals surface area (Å²) >= 11 is 0. The van der Waals surface area contributed by atoms with Crippen LogP contribution < -0.4 is 5.73 Å². The molecule has 2 aromatic rings. The van der Waals surface area contributed by atoms with Crippen LogP contribution in [0.3, 0.4) is 0 Å². The van der Waals surface area contributed by atoms with Gasteiger partial charge >= 0.3 is 0 Å². The van der Waals surface area contributed by atoms with Crippen molar-refractivity contribution in [2.45, 2.75) is 25.2 Å². The molecule has 0 aliphatic heterocycles. The third kappa shape index (κ3) is 2.09. The summed E-state index contributed by atoms with van der Waals surface area (Å²) in [5.41, 5.74) is 7.29. The number of imidazole rings is 1. The Morgan fingerprint density at radius 2 is 2.11 bits per heavy atom. The Hall–Kier alpha value is -1.91. The fourth-order valence-electron chi connectivity index (χ4n) is 2.27. The molecule has 1 aromatic heterocycles. The molecule has 2 N–H and O–H groups in total. The summed E-state index contributed by atoms with van der Waals surface area (Å²) in [4.78, 5) is 4.54. The maximum Gasteiger partial charge on any atom is 0.263 e. The SMILES string of the molecule is Cn1c(C2CC2)nc(-c2cccc(C(F)F)c2)c1N. The van der Waals surface area contributed by atoms with Crippen molar-refractivity contribution in [1.29, 1.82) is 0 Å². The largest absolute Gasteiger partial charge is 0.383 e. The van der Waals surface area contributed by atoms with Gasteiger partial charge in [-0.1, -0.05) is 18.2 Å². The highest BCUT2D eigenvalue weighted by molar-refractivity contribution is 5.71. The molecular weight excluding hydrogens is 248 g/mol. The standard InChI is InChI=1S/C14H15F2N3/c1-19-13(17)11(18-14(19)8-5-6-8)9-3-2-4-10(7-9)12(15)16/h2-4,7-8,12H,5-6,17H2,1H3. The van der Waals surface area contributed by atoms with Crippen LogP contribution in [0.1, 0.15) is 36.6 Å². The first-order chi connectivity index (χ1) is 9.08. The summed E-state index contributed by atoms with van der Waals surface area (Å²) < 4.78 is 27.3. The van der Waals surface area contributed by atoms with Crippen LogP contribution in [0.2, 0.25) is 0 Å². The normalized spacial score (nSPS) is 15.2. The molecule has 0 radical (unpaired) electrons. The van der Waals surface area contributed by atoms with Crippen molar-refractivity contribution in [3.63, 3.8) is 0 Å². The van der Waals surface area contributed by atoms with E-state index in [0.29, 0.717) is 23.0 Å². The maximum atomic E-state index is 12.7. The zero-order valence-corrected chi connectivity index (χ0v) is 10.6. The number of alkyl halides is 2. The second kappa shape index (κ2) is 4.33. The second-order valence-corrected chi connectivity index (χ2v) is 4.96. The first-order valence-electron chi connectivity index (χ1n) is 6.28. The number of nitrogens with zero attached hydrogens (tertiary/aromatic N) is 2. The second-order valence-electron chi connectivity index (χ2n) is 4.96. The highest BCUT2D eigenvalue weighted by Gasteiger charge is 2.30. The van der Waals surface area contributed by atoms with Crippen LogP contribution in [0.5, 0.6) is 0 Å². The Morgan fingerprint density at radius 1 is 1.37 bits per heavy atom. The van der Waals surface area contributed by atoms with Crippen molar-refractivity contribution in [3.8, 4) is 11.3 Å². The van der Waals surface area contributed by atoms with Crippen molar-refractivity contribution in [1.82, 2.24) is 9.55 Å². The van der Waals surface area contributed by atoms with Gasteiger partial charge in [-0.2, -0.15) is 0 Å². The Kier molecular flexibility index (Phi) is 2.77. The van der Waals surface area contributed by atoms with Gasteiger partial charge in [-0.3, -0.25) is 0 Å². The summed E-state index contributed by atoms with van der Waals surface area (Å²) in [6.07, 6.45) is -0.227. The van der Waals surface area contributed by atoms with E-state index in [9.17, 15) is 8.78 Å². The zero-order chi connectivity index (χ0) is 13.6. The van der Waals surface area contributed by atoms with Gasteiger partial charge in [0.25, 0.3) is 6.43 Å². The molecule has 5 heteroatoms. The van der Waals surface area contributed by atoms with E-state index in [-0.39, 0.29) is 5.56 Å². The van der Waals surface area contributed by atoms with Crippen LogP contribution in [0, 0.1) is 0 Å². The summed E-state index contributed by atoms with van der Waals surface area (Å²) in [6, 6.07) is 6.25. The average molecular weight is 263 g/mol. The number of hydrogen-bond donors (Lipinski definition) is 1. The fourth-order valence-corrected chi connectivity index (χ4v) is 2.27. The van der Waals surface area contributed by atoms with E-state index in [0.717, 1.165) is 18.7 Å². The molecule has 0 amide bonds. The van der Waals surface area contributed by atoms with Gasteiger partial charge < -0.3 is 10.3 Å². The van der Waals surface area contributed by atoms with Crippen LogP contribution >= 0.6 is 0 Å². The number of halogens is 2. The van der Waals surface area contributed by atoms with Crippen molar-refractivity contribution in [2.24, 2.45) is 7.05 Å². The van der Waals surface area contributed by atoms with E-state index < -0.39 is 6.43 Å². The minimum absolute atomic E-state index is 0.00414. The van der Waals surface area contributed by atoms with Gasteiger partial charge in [0.2, 0.25) is 0 Å². The molecule has 0 atom stereocenters. The predicted octanol–water partition coefficient (Wildman–Crippen LogP) is 3.48. The van der Waals surface area contributed by atoms with E-state index in [1.54, 1.807) is 12.1 Å². The van der Waals surface area contributed by atoms with Crippen molar-refractivity contribution in [2.75, 3.05) is 5.73 Å². The lowest BCUT2D eigenvalue weighted by Gasteiger charge is -2.03. The first-order valence-corrected chi connectivity index (χ1v) is 6.28. The molecule has 1 aliphatic carbocycles. The van der Waals surface area contributed by atoms with Crippen molar-refractivity contribution in [3.05, 3.63) is 35.7 Å². The number of nitrogens with two attached hydrogens (primary N) is 1. The van der Waals surface area contributed by atoms with Crippen LogP contribution in [0.15, 0.2) is 24.3 Å². The molecule has 0 spiro atoms. The summed E-state index contributed by atoms with van der Waals surface area (Å²) in [5, 5.41) is 0. The molecule has 0 bridgehead atoms. The summed E-state index contributed by atoms with van der Waals surface area (Å²) in [6.45, 7) is 0. The third-order valence-corrected chi connectivity index (χ3v) is 3.53. The fraction of sp³-hybridized carbons (Fsp3) is 0.357. The molecule has 1 aliphatic rings. The predicted molar refractivity (Wildman–Crippen MR) is 70.0 cm³/mol. The van der Waals surface area contributed by atoms with E-state index in [1.807, 2.05) is 11.6 Å². The molecule has 1 heterocycles. The highest BCUT2D eigenvalue weighted by atomic mass is 19.3. The van der Waals surface area contributed by atoms with Crippen LogP contribution in [0.4, 0.5) is 14.6 Å². The molecule has 19 heavy (non-hydrogen) atoms. The molecule has 1 aromatic carbocycles.